The molecule has 6 heteroatoms. The molecule has 4 aromatic rings. The number of benzene rings is 1. The van der Waals surface area contributed by atoms with E-state index in [1.165, 1.54) is 0 Å². The number of rotatable bonds is 3. The van der Waals surface area contributed by atoms with Crippen molar-refractivity contribution in [3.63, 3.8) is 0 Å². The summed E-state index contributed by atoms with van der Waals surface area (Å²) in [5.41, 5.74) is 3.14. The topological polar surface area (TPSA) is 58.5 Å². The highest BCUT2D eigenvalue weighted by Crippen LogP contribution is 2.24. The van der Waals surface area contributed by atoms with E-state index in [0.29, 0.717) is 22.9 Å². The summed E-state index contributed by atoms with van der Waals surface area (Å²) < 4.78 is 3.24. The molecule has 0 aliphatic heterocycles. The molecule has 0 unspecified atom stereocenters. The highest BCUT2D eigenvalue weighted by molar-refractivity contribution is 6.29. The van der Waals surface area contributed by atoms with E-state index >= 15 is 0 Å². The Morgan fingerprint density at radius 1 is 1.15 bits per heavy atom. The van der Waals surface area contributed by atoms with Gasteiger partial charge in [-0.15, -0.1) is 0 Å². The summed E-state index contributed by atoms with van der Waals surface area (Å²) in [6.07, 6.45) is 3.36. The summed E-state index contributed by atoms with van der Waals surface area (Å²) in [4.78, 5) is 17.2. The van der Waals surface area contributed by atoms with Crippen molar-refractivity contribution >= 4 is 17.2 Å². The number of hydrogen-bond donors (Lipinski definition) is 1. The van der Waals surface area contributed by atoms with Gasteiger partial charge in [-0.2, -0.15) is 8.97 Å². The Kier molecular flexibility index (Phi) is 4.38. The molecule has 1 aromatic carbocycles. The van der Waals surface area contributed by atoms with Crippen molar-refractivity contribution in [2.75, 3.05) is 0 Å². The number of aromatic nitrogens is 3. The predicted octanol–water partition coefficient (Wildman–Crippen LogP) is 3.36. The normalized spacial score (nSPS) is 11.0. The maximum absolute atomic E-state index is 13.1. The fraction of sp³-hybridized carbons (Fsp3) is 0.0952. The molecule has 3 aromatic heterocycles. The van der Waals surface area contributed by atoms with Gasteiger partial charge in [-0.1, -0.05) is 53.6 Å². The van der Waals surface area contributed by atoms with Crippen LogP contribution >= 0.6 is 11.6 Å². The standard InChI is InChI=1S/C21H16ClN3O2/c1-14-5-4-6-16(11-14)19-20(26)24-10-3-2-7-18(24)25(21(19)27)13-15-8-9-17(22)23-12-15/h2-12H,13H2,1H3/p+1. The minimum atomic E-state index is -0.265. The highest BCUT2D eigenvalue weighted by Gasteiger charge is 2.25. The number of hydrogen-bond acceptors (Lipinski definition) is 3. The van der Waals surface area contributed by atoms with Gasteiger partial charge >= 0.3 is 5.56 Å². The van der Waals surface area contributed by atoms with Crippen LogP contribution in [0.2, 0.25) is 5.15 Å². The summed E-state index contributed by atoms with van der Waals surface area (Å²) in [6.45, 7) is 2.30. The second-order valence-electron chi connectivity index (χ2n) is 6.38. The third-order valence-electron chi connectivity index (χ3n) is 4.46. The minimum absolute atomic E-state index is 0.0771. The smallest absolute Gasteiger partial charge is 0.354 e. The zero-order chi connectivity index (χ0) is 19.0. The monoisotopic (exact) mass is 378 g/mol. The van der Waals surface area contributed by atoms with Gasteiger partial charge in [0.05, 0.1) is 6.20 Å². The van der Waals surface area contributed by atoms with Crippen molar-refractivity contribution < 1.29 is 9.67 Å². The number of pyridine rings is 2. The van der Waals surface area contributed by atoms with Crippen LogP contribution in [0.4, 0.5) is 0 Å². The first-order valence-corrected chi connectivity index (χ1v) is 8.86. The average Bonchev–Trinajstić information content (AvgIpc) is 2.67. The van der Waals surface area contributed by atoms with Crippen LogP contribution in [0.1, 0.15) is 11.1 Å². The van der Waals surface area contributed by atoms with E-state index in [4.69, 9.17) is 11.6 Å². The number of halogens is 1. The van der Waals surface area contributed by atoms with Crippen molar-refractivity contribution in [2.24, 2.45) is 0 Å². The molecule has 0 saturated carbocycles. The molecule has 0 bridgehead atoms. The SMILES string of the molecule is Cc1cccc(-c2c(O)[n+](Cc3ccc(Cl)nc3)c3ccccn3c2=O)c1. The maximum atomic E-state index is 13.1. The summed E-state index contributed by atoms with van der Waals surface area (Å²) in [7, 11) is 0. The van der Waals surface area contributed by atoms with Crippen molar-refractivity contribution in [1.82, 2.24) is 9.38 Å². The van der Waals surface area contributed by atoms with Crippen LogP contribution in [0.5, 0.6) is 5.88 Å². The van der Waals surface area contributed by atoms with E-state index in [9.17, 15) is 9.90 Å². The molecule has 0 aliphatic rings. The van der Waals surface area contributed by atoms with Gasteiger partial charge < -0.3 is 5.11 Å². The first-order chi connectivity index (χ1) is 13.0. The van der Waals surface area contributed by atoms with Gasteiger partial charge in [-0.3, -0.25) is 0 Å². The summed E-state index contributed by atoms with van der Waals surface area (Å²) >= 11 is 5.87. The second-order valence-corrected chi connectivity index (χ2v) is 6.76. The van der Waals surface area contributed by atoms with Gasteiger partial charge in [-0.25, -0.2) is 9.78 Å². The predicted molar refractivity (Wildman–Crippen MR) is 104 cm³/mol. The number of aryl methyl sites for hydroxylation is 1. The summed E-state index contributed by atoms with van der Waals surface area (Å²) in [6, 6.07) is 16.5. The maximum Gasteiger partial charge on any atom is 0.354 e. The molecule has 134 valence electrons. The zero-order valence-corrected chi connectivity index (χ0v) is 15.4. The van der Waals surface area contributed by atoms with Crippen molar-refractivity contribution in [1.29, 1.82) is 0 Å². The average molecular weight is 379 g/mol. The molecule has 5 nitrogen and oxygen atoms in total. The second kappa shape index (κ2) is 6.85. The molecule has 0 fully saturated rings. The van der Waals surface area contributed by atoms with Crippen LogP contribution in [0.15, 0.2) is 71.8 Å². The van der Waals surface area contributed by atoms with E-state index in [0.717, 1.165) is 11.1 Å². The van der Waals surface area contributed by atoms with Gasteiger partial charge in [0.25, 0.3) is 11.5 Å². The third-order valence-corrected chi connectivity index (χ3v) is 4.69. The summed E-state index contributed by atoms with van der Waals surface area (Å²) in [5.74, 6) is -0.0771. The molecule has 0 aliphatic carbocycles. The molecule has 3 heterocycles. The van der Waals surface area contributed by atoms with Crippen LogP contribution < -0.4 is 10.1 Å². The van der Waals surface area contributed by atoms with Crippen molar-refractivity contribution in [2.45, 2.75) is 13.5 Å². The molecule has 27 heavy (non-hydrogen) atoms. The first-order valence-electron chi connectivity index (χ1n) is 8.48. The van der Waals surface area contributed by atoms with Gasteiger partial charge in [0, 0.05) is 17.8 Å². The quantitative estimate of drug-likeness (QED) is 0.439. The lowest BCUT2D eigenvalue weighted by atomic mass is 10.1. The van der Waals surface area contributed by atoms with Crippen LogP contribution in [0, 0.1) is 6.92 Å². The zero-order valence-electron chi connectivity index (χ0n) is 14.6. The van der Waals surface area contributed by atoms with Crippen LogP contribution in [-0.2, 0) is 6.54 Å². The Hall–Kier alpha value is -3.18. The fourth-order valence-electron chi connectivity index (χ4n) is 3.18. The largest absolute Gasteiger partial charge is 0.477 e. The van der Waals surface area contributed by atoms with Crippen LogP contribution in [0.25, 0.3) is 16.8 Å². The molecule has 0 amide bonds. The van der Waals surface area contributed by atoms with E-state index < -0.39 is 0 Å². The van der Waals surface area contributed by atoms with Crippen molar-refractivity contribution in [3.8, 4) is 17.0 Å². The Balaban J connectivity index is 2.00. The molecule has 0 radical (unpaired) electrons. The molecular formula is C21H17ClN3O2+. The van der Waals surface area contributed by atoms with E-state index in [1.54, 1.807) is 39.6 Å². The van der Waals surface area contributed by atoms with Gasteiger partial charge in [0.2, 0.25) is 0 Å². The lowest BCUT2D eigenvalue weighted by Crippen LogP contribution is -2.41. The molecule has 0 saturated heterocycles. The van der Waals surface area contributed by atoms with E-state index in [2.05, 4.69) is 4.98 Å². The Morgan fingerprint density at radius 2 is 2.00 bits per heavy atom. The van der Waals surface area contributed by atoms with E-state index in [-0.39, 0.29) is 17.0 Å². The van der Waals surface area contributed by atoms with Crippen LogP contribution in [-0.4, -0.2) is 14.5 Å². The molecule has 4 rings (SSSR count). The highest BCUT2D eigenvalue weighted by atomic mass is 35.5. The van der Waals surface area contributed by atoms with Gasteiger partial charge in [0.15, 0.2) is 5.56 Å². The van der Waals surface area contributed by atoms with Gasteiger partial charge in [0.1, 0.15) is 11.7 Å². The minimum Gasteiger partial charge on any atom is -0.477 e. The molecule has 1 N–H and O–H groups in total. The first kappa shape index (κ1) is 17.2. The Labute approximate surface area is 160 Å². The molecule has 0 spiro atoms. The summed E-state index contributed by atoms with van der Waals surface area (Å²) in [5, 5.41) is 11.4. The Bertz CT molecular complexity index is 1200. The fourth-order valence-corrected chi connectivity index (χ4v) is 3.29. The molecule has 0 atom stereocenters. The number of fused-ring (bicyclic) bond motifs is 1. The van der Waals surface area contributed by atoms with Gasteiger partial charge in [-0.05, 0) is 24.6 Å². The lowest BCUT2D eigenvalue weighted by molar-refractivity contribution is -0.671. The van der Waals surface area contributed by atoms with E-state index in [1.807, 2.05) is 43.3 Å². The molecular weight excluding hydrogens is 362 g/mol. The number of aromatic hydroxyl groups is 1. The lowest BCUT2D eigenvalue weighted by Gasteiger charge is -2.10. The number of nitrogens with zero attached hydrogens (tertiary/aromatic N) is 3. The van der Waals surface area contributed by atoms with Crippen molar-refractivity contribution in [3.05, 3.63) is 93.6 Å². The van der Waals surface area contributed by atoms with Crippen LogP contribution in [0.3, 0.4) is 0 Å². The third kappa shape index (κ3) is 3.17. The Morgan fingerprint density at radius 3 is 2.74 bits per heavy atom.